The van der Waals surface area contributed by atoms with Crippen LogP contribution in [-0.4, -0.2) is 0 Å². The highest BCUT2D eigenvalue weighted by Crippen LogP contribution is 2.61. The van der Waals surface area contributed by atoms with Gasteiger partial charge in [0.2, 0.25) is 0 Å². The molecule has 5 aliphatic rings. The summed E-state index contributed by atoms with van der Waals surface area (Å²) in [4.78, 5) is 2.61. The smallest absolute Gasteiger partial charge is 0.0546 e. The lowest BCUT2D eigenvalue weighted by atomic mass is 9.48. The highest BCUT2D eigenvalue weighted by Gasteiger charge is 2.51. The third-order valence-electron chi connectivity index (χ3n) is 13.6. The van der Waals surface area contributed by atoms with Gasteiger partial charge in [0.15, 0.2) is 0 Å². The van der Waals surface area contributed by atoms with Crippen LogP contribution in [0.25, 0.3) is 33.0 Å². The summed E-state index contributed by atoms with van der Waals surface area (Å²) in [6.07, 6.45) is 8.51. The minimum absolute atomic E-state index is 0.0783. The molecular formula is C50H49N. The van der Waals surface area contributed by atoms with Crippen molar-refractivity contribution in [2.24, 2.45) is 17.8 Å². The van der Waals surface area contributed by atoms with Crippen molar-refractivity contribution in [1.82, 2.24) is 0 Å². The second kappa shape index (κ2) is 11.4. The molecular weight excluding hydrogens is 615 g/mol. The largest absolute Gasteiger partial charge is 0.310 e. The summed E-state index contributed by atoms with van der Waals surface area (Å²) >= 11 is 0. The van der Waals surface area contributed by atoms with Gasteiger partial charge in [0, 0.05) is 22.4 Å². The first kappa shape index (κ1) is 31.1. The predicted octanol–water partition coefficient (Wildman–Crippen LogP) is 13.9. The fourth-order valence-electron chi connectivity index (χ4n) is 11.6. The van der Waals surface area contributed by atoms with Crippen LogP contribution in [0.1, 0.15) is 94.4 Å². The van der Waals surface area contributed by atoms with E-state index in [2.05, 4.69) is 160 Å². The Balaban J connectivity index is 1.22. The van der Waals surface area contributed by atoms with Gasteiger partial charge in [0.25, 0.3) is 0 Å². The number of hydrogen-bond donors (Lipinski definition) is 0. The molecule has 5 aliphatic carbocycles. The van der Waals surface area contributed by atoms with Crippen molar-refractivity contribution in [3.8, 4) is 22.3 Å². The van der Waals surface area contributed by atoms with E-state index in [0.717, 1.165) is 17.8 Å². The van der Waals surface area contributed by atoms with Crippen molar-refractivity contribution in [2.75, 3.05) is 4.90 Å². The molecule has 4 bridgehead atoms. The summed E-state index contributed by atoms with van der Waals surface area (Å²) in [5, 5.41) is 2.55. The number of benzene rings is 6. The molecule has 6 aromatic rings. The molecule has 51 heavy (non-hydrogen) atoms. The molecule has 1 nitrogen and oxygen atoms in total. The number of hydrogen-bond acceptors (Lipinski definition) is 1. The van der Waals surface area contributed by atoms with Gasteiger partial charge in [-0.1, -0.05) is 119 Å². The van der Waals surface area contributed by atoms with E-state index in [1.165, 1.54) is 105 Å². The van der Waals surface area contributed by atoms with E-state index in [0.29, 0.717) is 11.3 Å². The van der Waals surface area contributed by atoms with Crippen LogP contribution < -0.4 is 4.90 Å². The second-order valence-electron chi connectivity index (χ2n) is 17.4. The summed E-state index contributed by atoms with van der Waals surface area (Å²) in [5.74, 6) is 3.15. The predicted molar refractivity (Wildman–Crippen MR) is 216 cm³/mol. The fourth-order valence-corrected chi connectivity index (χ4v) is 11.6. The molecule has 4 saturated carbocycles. The highest BCUT2D eigenvalue weighted by atomic mass is 15.1. The molecule has 0 radical (unpaired) electrons. The molecule has 0 N–H and O–H groups in total. The molecule has 254 valence electrons. The van der Waals surface area contributed by atoms with Crippen LogP contribution >= 0.6 is 0 Å². The first-order valence-electron chi connectivity index (χ1n) is 19.5. The molecule has 0 aliphatic heterocycles. The average molecular weight is 664 g/mol. The van der Waals surface area contributed by atoms with Gasteiger partial charge in [-0.15, -0.1) is 0 Å². The normalized spacial score (nSPS) is 23.8. The topological polar surface area (TPSA) is 3.24 Å². The molecule has 0 aromatic heterocycles. The van der Waals surface area contributed by atoms with Gasteiger partial charge in [0.1, 0.15) is 0 Å². The van der Waals surface area contributed by atoms with E-state index < -0.39 is 0 Å². The maximum Gasteiger partial charge on any atom is 0.0546 e. The van der Waals surface area contributed by atoms with Gasteiger partial charge in [-0.3, -0.25) is 0 Å². The van der Waals surface area contributed by atoms with Crippen LogP contribution in [-0.2, 0) is 10.8 Å². The van der Waals surface area contributed by atoms with E-state index in [4.69, 9.17) is 0 Å². The average Bonchev–Trinajstić information content (AvgIpc) is 3.36. The maximum atomic E-state index is 2.61. The highest BCUT2D eigenvalue weighted by molar-refractivity contribution is 5.99. The summed E-state index contributed by atoms with van der Waals surface area (Å²) < 4.78 is 0. The molecule has 0 spiro atoms. The van der Waals surface area contributed by atoms with E-state index >= 15 is 0 Å². The molecule has 0 atom stereocenters. The Labute approximate surface area is 304 Å². The second-order valence-corrected chi connectivity index (χ2v) is 17.4. The Morgan fingerprint density at radius 2 is 1.14 bits per heavy atom. The van der Waals surface area contributed by atoms with Gasteiger partial charge in [0.05, 0.1) is 5.69 Å². The number of rotatable bonds is 6. The Bertz CT molecular complexity index is 2290. The van der Waals surface area contributed by atoms with Gasteiger partial charge >= 0.3 is 0 Å². The van der Waals surface area contributed by atoms with E-state index in [1.807, 2.05) is 0 Å². The van der Waals surface area contributed by atoms with Crippen molar-refractivity contribution in [2.45, 2.75) is 83.0 Å². The number of fused-ring (bicyclic) bond motifs is 4. The minimum Gasteiger partial charge on any atom is -0.310 e. The van der Waals surface area contributed by atoms with Gasteiger partial charge < -0.3 is 4.90 Å². The Kier molecular flexibility index (Phi) is 6.99. The van der Waals surface area contributed by atoms with Crippen molar-refractivity contribution in [1.29, 1.82) is 0 Å². The van der Waals surface area contributed by atoms with E-state index in [9.17, 15) is 0 Å². The molecule has 4 fully saturated rings. The zero-order valence-corrected chi connectivity index (χ0v) is 30.6. The van der Waals surface area contributed by atoms with E-state index in [1.54, 1.807) is 5.56 Å². The molecule has 0 heterocycles. The third kappa shape index (κ3) is 4.87. The van der Waals surface area contributed by atoms with Crippen molar-refractivity contribution >= 4 is 27.8 Å². The van der Waals surface area contributed by atoms with Crippen LogP contribution in [0.2, 0.25) is 0 Å². The Morgan fingerprint density at radius 1 is 0.529 bits per heavy atom. The fraction of sp³-hybridized carbons (Fsp3) is 0.320. The van der Waals surface area contributed by atoms with Gasteiger partial charge in [-0.05, 0) is 154 Å². The molecule has 0 saturated heterocycles. The van der Waals surface area contributed by atoms with Gasteiger partial charge in [-0.25, -0.2) is 0 Å². The standard InChI is InChI=1S/C50H49N/c1-32(2)41-16-7-8-17-42(41)45-25-36-12-5-6-13-37(36)26-48(45)51(40-20-21-44-43-18-9-10-19-46(43)49(3,4)47(44)28-40)39-15-11-14-38(27-39)50-29-33-22-34(30-50)24-35(23-33)31-50/h5-21,25-28,32-35H,22-24,29-31H2,1-4H3. The van der Waals surface area contributed by atoms with Crippen LogP contribution in [0.3, 0.4) is 0 Å². The first-order chi connectivity index (χ1) is 24.8. The first-order valence-corrected chi connectivity index (χ1v) is 19.5. The SMILES string of the molecule is CC(C)c1ccccc1-c1cc2ccccc2cc1N(c1cccc(C23CC4CC(CC(C4)C2)C3)c1)c1ccc2c(c1)C(C)(C)c1ccccc1-2. The number of anilines is 3. The van der Waals surface area contributed by atoms with Crippen LogP contribution in [0.15, 0.2) is 127 Å². The van der Waals surface area contributed by atoms with Crippen LogP contribution in [0.5, 0.6) is 0 Å². The van der Waals surface area contributed by atoms with E-state index in [-0.39, 0.29) is 5.41 Å². The zero-order chi connectivity index (χ0) is 34.5. The molecule has 6 aromatic carbocycles. The molecule has 0 unspecified atom stereocenters. The summed E-state index contributed by atoms with van der Waals surface area (Å²) in [5.41, 5.74) is 15.2. The third-order valence-corrected chi connectivity index (χ3v) is 13.6. The minimum atomic E-state index is -0.0783. The Hall–Kier alpha value is -4.62. The summed E-state index contributed by atoms with van der Waals surface area (Å²) in [6, 6.07) is 49.1. The Morgan fingerprint density at radius 3 is 1.86 bits per heavy atom. The molecule has 11 rings (SSSR count). The lowest BCUT2D eigenvalue weighted by Gasteiger charge is -2.57. The number of nitrogens with zero attached hydrogens (tertiary/aromatic N) is 1. The summed E-state index contributed by atoms with van der Waals surface area (Å²) in [6.45, 7) is 9.46. The molecule has 0 amide bonds. The molecule has 1 heteroatoms. The van der Waals surface area contributed by atoms with Crippen molar-refractivity contribution in [3.63, 3.8) is 0 Å². The monoisotopic (exact) mass is 663 g/mol. The zero-order valence-electron chi connectivity index (χ0n) is 30.6. The van der Waals surface area contributed by atoms with Crippen LogP contribution in [0.4, 0.5) is 17.1 Å². The van der Waals surface area contributed by atoms with Gasteiger partial charge in [-0.2, -0.15) is 0 Å². The quantitative estimate of drug-likeness (QED) is 0.171. The maximum absolute atomic E-state index is 2.61. The lowest BCUT2D eigenvalue weighted by molar-refractivity contribution is -0.00516. The van der Waals surface area contributed by atoms with Crippen molar-refractivity contribution in [3.05, 3.63) is 150 Å². The summed E-state index contributed by atoms with van der Waals surface area (Å²) in [7, 11) is 0. The van der Waals surface area contributed by atoms with Crippen LogP contribution in [0, 0.1) is 17.8 Å². The lowest BCUT2D eigenvalue weighted by Crippen LogP contribution is -2.48. The van der Waals surface area contributed by atoms with Crippen molar-refractivity contribution < 1.29 is 0 Å².